The third-order valence-corrected chi connectivity index (χ3v) is 10.2. The fourth-order valence-electron chi connectivity index (χ4n) is 6.44. The van der Waals surface area contributed by atoms with Crippen molar-refractivity contribution in [3.63, 3.8) is 0 Å². The van der Waals surface area contributed by atoms with Crippen molar-refractivity contribution < 1.29 is 75.4 Å². The number of hydrogen-bond acceptors (Lipinski definition) is 12. The maximum Gasteiger partial charge on any atom is 0.303 e. The van der Waals surface area contributed by atoms with Crippen LogP contribution >= 0.6 is 0 Å². The second kappa shape index (κ2) is 31.4. The molecule has 25 heteroatoms. The molecular weight excluding hydrogens is 867 g/mol. The topological polar surface area (TPSA) is 456 Å². The average Bonchev–Trinajstić information content (AvgIpc) is 3.26. The van der Waals surface area contributed by atoms with E-state index in [0.29, 0.717) is 63.7 Å². The molecule has 1 aromatic rings. The summed E-state index contributed by atoms with van der Waals surface area (Å²) in [7, 11) is 0. The van der Waals surface area contributed by atoms with Gasteiger partial charge in [-0.1, -0.05) is 12.1 Å². The van der Waals surface area contributed by atoms with E-state index in [9.17, 15) is 58.2 Å². The molecule has 0 aliphatic carbocycles. The van der Waals surface area contributed by atoms with Crippen molar-refractivity contribution in [1.82, 2.24) is 37.2 Å². The summed E-state index contributed by atoms with van der Waals surface area (Å²) in [5.74, 6) is -9.18. The molecule has 24 N–H and O–H groups in total. The molecule has 1 aromatic carbocycles. The smallest absolute Gasteiger partial charge is 0.303 e. The van der Waals surface area contributed by atoms with Gasteiger partial charge in [-0.3, -0.25) is 47.9 Å². The van der Waals surface area contributed by atoms with Crippen LogP contribution in [0.15, 0.2) is 24.3 Å². The minimum atomic E-state index is -1.56. The minimum absolute atomic E-state index is 0.0140. The van der Waals surface area contributed by atoms with Gasteiger partial charge < -0.3 is 81.8 Å². The van der Waals surface area contributed by atoms with Gasteiger partial charge in [-0.05, 0) is 88.8 Å². The van der Waals surface area contributed by atoms with Gasteiger partial charge in [0.15, 0.2) is 0 Å². The Morgan fingerprint density at radius 1 is 0.545 bits per heavy atom. The Kier molecular flexibility index (Phi) is 27.4. The van der Waals surface area contributed by atoms with Crippen LogP contribution in [0.4, 0.5) is 0 Å². The summed E-state index contributed by atoms with van der Waals surface area (Å²) in [6.45, 7) is 2.41. The van der Waals surface area contributed by atoms with Gasteiger partial charge in [0.25, 0.3) is 0 Å². The van der Waals surface area contributed by atoms with Crippen molar-refractivity contribution in [3.8, 4) is 5.75 Å². The number of benzene rings is 1. The number of aliphatic carboxylic acids is 1. The predicted molar refractivity (Wildman–Crippen MR) is 235 cm³/mol. The number of amides is 9. The molecule has 7 atom stereocenters. The Morgan fingerprint density at radius 2 is 0.955 bits per heavy atom. The summed E-state index contributed by atoms with van der Waals surface area (Å²) in [6, 6.07) is -3.81. The van der Waals surface area contributed by atoms with E-state index >= 15 is 0 Å². The zero-order valence-electron chi connectivity index (χ0n) is 37.7. The molecule has 0 bridgehead atoms. The highest BCUT2D eigenvalue weighted by molar-refractivity contribution is 5.98. The van der Waals surface area contributed by atoms with Crippen LogP contribution in [0.2, 0.25) is 0 Å². The predicted octanol–water partition coefficient (Wildman–Crippen LogP) is -7.23. The van der Waals surface area contributed by atoms with E-state index in [1.807, 2.05) is 0 Å². The molecule has 9 amide bonds. The number of nitrogens with one attached hydrogen (secondary N) is 7. The summed E-state index contributed by atoms with van der Waals surface area (Å²) < 4.78 is 0. The van der Waals surface area contributed by atoms with E-state index in [1.54, 1.807) is 0 Å². The van der Waals surface area contributed by atoms with Gasteiger partial charge in [0.05, 0.1) is 32.6 Å². The number of carbonyl (C=O) groups is 10. The molecule has 0 aromatic heterocycles. The number of rotatable bonds is 34. The molecule has 0 heterocycles. The number of unbranched alkanes of at least 4 members (excludes halogenated alkanes) is 3. The molecule has 0 aliphatic rings. The Balaban J connectivity index is 3.40. The molecule has 0 fully saturated rings. The average molecular weight is 939 g/mol. The highest BCUT2D eigenvalue weighted by Crippen LogP contribution is 2.13. The lowest BCUT2D eigenvalue weighted by Gasteiger charge is -2.27. The van der Waals surface area contributed by atoms with Crippen LogP contribution in [-0.2, 0) is 54.4 Å². The third-order valence-electron chi connectivity index (χ3n) is 10.2. The number of carboxylic acids is 1. The van der Waals surface area contributed by atoms with Crippen LogP contribution < -0.4 is 71.6 Å². The van der Waals surface area contributed by atoms with E-state index in [1.165, 1.54) is 31.2 Å². The zero-order chi connectivity index (χ0) is 49.8. The lowest BCUT2D eigenvalue weighted by molar-refractivity contribution is -0.369. The summed E-state index contributed by atoms with van der Waals surface area (Å²) >= 11 is 0. The van der Waals surface area contributed by atoms with Crippen LogP contribution in [0, 0.1) is 0 Å². The monoisotopic (exact) mass is 939 g/mol. The van der Waals surface area contributed by atoms with Crippen molar-refractivity contribution in [2.75, 3.05) is 26.2 Å². The zero-order valence-corrected chi connectivity index (χ0v) is 37.7. The Bertz CT molecular complexity index is 1790. The van der Waals surface area contributed by atoms with E-state index in [-0.39, 0.29) is 31.4 Å². The molecule has 0 saturated heterocycles. The first kappa shape index (κ1) is 57.6. The van der Waals surface area contributed by atoms with E-state index in [4.69, 9.17) is 17.2 Å². The summed E-state index contributed by atoms with van der Waals surface area (Å²) in [5, 5.41) is 36.7. The van der Waals surface area contributed by atoms with Crippen molar-refractivity contribution in [3.05, 3.63) is 29.8 Å². The number of phenolic OH excluding ortho intramolecular Hbond substituents is 1. The Labute approximate surface area is 382 Å². The standard InChI is InChI=1S/C41H69N13O12/c1-23(36(61)51-27(9-3-6-18-43)38(63)50-26(35(47)60)8-2-5-17-42)48-37(62)29(15-16-34(58)59)53-39(64)28(10-4-7-19-44)52-40(65)30(20-24-11-13-25(55)14-12-24)54-41(66)31(21-32(46)56)49-33(57)22-45/h11-14,23,26-31,55H,2-10,15-22,42-45H2,1H3,(H2,46,56)(H2,47,60)(H,48,62)(H,49,57)(H,50,63)(H,51,61)(H,52,65)(H,53,64)(H,54,66)(H,58,59)/p+3/t23-,26-,27-,28-,29-,30-,31-/m0/s1. The number of primary amides is 2. The number of hydrogen-bond donors (Lipinski definition) is 15. The van der Waals surface area contributed by atoms with Gasteiger partial charge in [0.2, 0.25) is 53.2 Å². The lowest BCUT2D eigenvalue weighted by Crippen LogP contribution is -2.60. The molecule has 66 heavy (non-hydrogen) atoms. The van der Waals surface area contributed by atoms with Crippen LogP contribution in [0.25, 0.3) is 0 Å². The number of aromatic hydroxyl groups is 1. The van der Waals surface area contributed by atoms with Crippen molar-refractivity contribution in [2.45, 2.75) is 133 Å². The highest BCUT2D eigenvalue weighted by Gasteiger charge is 2.34. The summed E-state index contributed by atoms with van der Waals surface area (Å²) in [6.07, 6.45) is 1.70. The van der Waals surface area contributed by atoms with Crippen LogP contribution in [0.5, 0.6) is 5.75 Å². The first-order valence-corrected chi connectivity index (χ1v) is 22.0. The molecule has 1 rings (SSSR count). The van der Waals surface area contributed by atoms with Gasteiger partial charge >= 0.3 is 5.97 Å². The van der Waals surface area contributed by atoms with E-state index < -0.39 is 127 Å². The van der Waals surface area contributed by atoms with Crippen LogP contribution in [-0.4, -0.2) is 138 Å². The van der Waals surface area contributed by atoms with Gasteiger partial charge in [0.1, 0.15) is 48.0 Å². The normalized spacial score (nSPS) is 14.1. The van der Waals surface area contributed by atoms with Gasteiger partial charge in [-0.2, -0.15) is 0 Å². The molecule has 0 aliphatic heterocycles. The molecule has 0 unspecified atom stereocenters. The number of carboxylic acid groups (broad SMARTS) is 1. The first-order valence-electron chi connectivity index (χ1n) is 22.0. The van der Waals surface area contributed by atoms with Gasteiger partial charge in [-0.25, -0.2) is 0 Å². The molecule has 0 radical (unpaired) electrons. The highest BCUT2D eigenvalue weighted by atomic mass is 16.4. The Morgan fingerprint density at radius 3 is 1.41 bits per heavy atom. The van der Waals surface area contributed by atoms with Crippen LogP contribution in [0.3, 0.4) is 0 Å². The quantitative estimate of drug-likeness (QED) is 0.0286. The van der Waals surface area contributed by atoms with Crippen molar-refractivity contribution in [2.24, 2.45) is 17.2 Å². The minimum Gasteiger partial charge on any atom is -0.508 e. The number of carbonyl (C=O) groups excluding carboxylic acids is 9. The summed E-state index contributed by atoms with van der Waals surface area (Å²) in [4.78, 5) is 130. The second-order valence-corrected chi connectivity index (χ2v) is 15.8. The molecular formula is C41H72N13O12+3. The summed E-state index contributed by atoms with van der Waals surface area (Å²) in [5.41, 5.74) is 28.0. The van der Waals surface area contributed by atoms with E-state index in [2.05, 4.69) is 54.4 Å². The maximum atomic E-state index is 14.0. The van der Waals surface area contributed by atoms with Crippen molar-refractivity contribution >= 4 is 59.1 Å². The Hall–Kier alpha value is -6.44. The largest absolute Gasteiger partial charge is 0.508 e. The second-order valence-electron chi connectivity index (χ2n) is 15.8. The number of nitrogens with two attached hydrogens (primary N) is 3. The number of phenols is 1. The number of quaternary nitrogens is 3. The fourth-order valence-corrected chi connectivity index (χ4v) is 6.44. The molecule has 0 saturated carbocycles. The third kappa shape index (κ3) is 23.0. The van der Waals surface area contributed by atoms with Gasteiger partial charge in [0, 0.05) is 12.8 Å². The van der Waals surface area contributed by atoms with E-state index in [0.717, 1.165) is 0 Å². The fraction of sp³-hybridized carbons (Fsp3) is 0.610. The SMILES string of the molecule is C[C@H](NC(=O)[C@H](CCC(=O)O)NC(=O)[C@H](CCCC[NH3+])NC(=O)[C@H](Cc1ccc(O)cc1)NC(=O)[C@H](CC(N)=O)NC(=O)CN)C(=O)N[C@@H](CCCC[NH3+])C(=O)N[C@@H](CCCC[NH3+])C(N)=O. The molecule has 25 nitrogen and oxygen atoms in total. The van der Waals surface area contributed by atoms with Gasteiger partial charge in [-0.15, -0.1) is 0 Å². The molecule has 0 spiro atoms. The first-order chi connectivity index (χ1) is 31.3. The van der Waals surface area contributed by atoms with Crippen molar-refractivity contribution in [1.29, 1.82) is 0 Å². The van der Waals surface area contributed by atoms with Crippen LogP contribution in [0.1, 0.15) is 89.5 Å². The molecule has 370 valence electrons. The maximum absolute atomic E-state index is 14.0. The lowest BCUT2D eigenvalue weighted by atomic mass is 10.0.